The van der Waals surface area contributed by atoms with Gasteiger partial charge in [0.1, 0.15) is 6.10 Å². The molecule has 0 saturated heterocycles. The second-order valence-electron chi connectivity index (χ2n) is 6.63. The van der Waals surface area contributed by atoms with Crippen molar-refractivity contribution in [3.63, 3.8) is 0 Å². The highest BCUT2D eigenvalue weighted by Crippen LogP contribution is 2.25. The van der Waals surface area contributed by atoms with Crippen molar-refractivity contribution in [3.05, 3.63) is 53.7 Å². The molecule has 1 heterocycles. The molecule has 0 spiro atoms. The lowest BCUT2D eigenvalue weighted by atomic mass is 10.2. The zero-order valence-electron chi connectivity index (χ0n) is 15.1. The maximum absolute atomic E-state index is 12.4. The van der Waals surface area contributed by atoms with Crippen molar-refractivity contribution in [2.75, 3.05) is 11.0 Å². The molecule has 1 aliphatic carbocycles. The number of pyridine rings is 1. The van der Waals surface area contributed by atoms with Gasteiger partial charge in [-0.1, -0.05) is 6.07 Å². The third-order valence-electron chi connectivity index (χ3n) is 4.32. The lowest BCUT2D eigenvalue weighted by Gasteiger charge is -2.15. The van der Waals surface area contributed by atoms with Crippen molar-refractivity contribution in [1.29, 1.82) is 0 Å². The average molecular weight is 389 g/mol. The summed E-state index contributed by atoms with van der Waals surface area (Å²) in [5, 5.41) is 2.85. The summed E-state index contributed by atoms with van der Waals surface area (Å²) in [5.74, 6) is 0.314. The molecule has 0 atom stereocenters. The number of aromatic nitrogens is 1. The van der Waals surface area contributed by atoms with Crippen molar-refractivity contribution in [3.8, 4) is 5.88 Å². The van der Waals surface area contributed by atoms with Crippen LogP contribution in [0.3, 0.4) is 0 Å². The molecule has 0 bridgehead atoms. The first-order chi connectivity index (χ1) is 12.9. The van der Waals surface area contributed by atoms with E-state index in [9.17, 15) is 13.2 Å². The van der Waals surface area contributed by atoms with E-state index in [0.717, 1.165) is 24.7 Å². The molecule has 8 heteroatoms. The van der Waals surface area contributed by atoms with Crippen LogP contribution in [0.2, 0.25) is 0 Å². The molecule has 1 saturated carbocycles. The van der Waals surface area contributed by atoms with Gasteiger partial charge in [0.2, 0.25) is 15.9 Å². The predicted octanol–water partition coefficient (Wildman–Crippen LogP) is 2.70. The Bertz CT molecular complexity index is 891. The molecule has 1 aliphatic rings. The third kappa shape index (κ3) is 5.68. The van der Waals surface area contributed by atoms with E-state index < -0.39 is 10.0 Å². The van der Waals surface area contributed by atoms with Gasteiger partial charge in [0, 0.05) is 29.6 Å². The summed E-state index contributed by atoms with van der Waals surface area (Å²) < 4.78 is 30.8. The maximum atomic E-state index is 12.4. The summed E-state index contributed by atoms with van der Waals surface area (Å²) in [5.41, 5.74) is 1.68. The van der Waals surface area contributed by atoms with Gasteiger partial charge in [0.15, 0.2) is 0 Å². The van der Waals surface area contributed by atoms with Crippen LogP contribution in [0.1, 0.15) is 41.6 Å². The van der Waals surface area contributed by atoms with E-state index in [0.29, 0.717) is 23.7 Å². The largest absolute Gasteiger partial charge is 0.474 e. The third-order valence-corrected chi connectivity index (χ3v) is 4.93. The minimum absolute atomic E-state index is 0.198. The summed E-state index contributed by atoms with van der Waals surface area (Å²) in [6, 6.07) is 9.94. The van der Waals surface area contributed by atoms with Gasteiger partial charge in [-0.05, 0) is 56.0 Å². The highest BCUT2D eigenvalue weighted by atomic mass is 32.2. The number of carbonyl (C=O) groups is 1. The maximum Gasteiger partial charge on any atom is 0.251 e. The number of nitrogens with one attached hydrogen (secondary N) is 2. The van der Waals surface area contributed by atoms with Crippen LogP contribution in [0.25, 0.3) is 0 Å². The Morgan fingerprint density at radius 2 is 1.89 bits per heavy atom. The smallest absolute Gasteiger partial charge is 0.251 e. The first-order valence-corrected chi connectivity index (χ1v) is 10.8. The summed E-state index contributed by atoms with van der Waals surface area (Å²) in [6.07, 6.45) is 7.38. The number of amides is 1. The minimum Gasteiger partial charge on any atom is -0.474 e. The lowest BCUT2D eigenvalue weighted by Crippen LogP contribution is -2.24. The van der Waals surface area contributed by atoms with Gasteiger partial charge in [0.05, 0.1) is 6.26 Å². The zero-order valence-corrected chi connectivity index (χ0v) is 16.0. The highest BCUT2D eigenvalue weighted by molar-refractivity contribution is 7.92. The summed E-state index contributed by atoms with van der Waals surface area (Å²) in [7, 11) is -3.34. The minimum atomic E-state index is -3.34. The van der Waals surface area contributed by atoms with Gasteiger partial charge >= 0.3 is 0 Å². The first-order valence-electron chi connectivity index (χ1n) is 8.87. The molecule has 27 heavy (non-hydrogen) atoms. The normalized spacial score (nSPS) is 14.7. The van der Waals surface area contributed by atoms with Gasteiger partial charge in [-0.15, -0.1) is 0 Å². The van der Waals surface area contributed by atoms with E-state index in [4.69, 9.17) is 4.74 Å². The van der Waals surface area contributed by atoms with Crippen LogP contribution in [-0.2, 0) is 16.6 Å². The Balaban J connectivity index is 1.60. The van der Waals surface area contributed by atoms with Crippen LogP contribution in [0.5, 0.6) is 5.88 Å². The summed E-state index contributed by atoms with van der Waals surface area (Å²) in [6.45, 7) is 0.304. The standard InChI is InChI=1S/C19H23N3O4S/c1-27(24,25)22-16-10-8-14(9-11-16)18(23)21-13-15-5-4-12-20-19(15)26-17-6-2-3-7-17/h4-5,8-12,17,22H,2-3,6-7,13H2,1H3,(H,21,23). The van der Waals surface area contributed by atoms with Crippen LogP contribution in [0.4, 0.5) is 5.69 Å². The predicted molar refractivity (Wildman–Crippen MR) is 103 cm³/mol. The molecule has 2 aromatic rings. The second-order valence-corrected chi connectivity index (χ2v) is 8.37. The quantitative estimate of drug-likeness (QED) is 0.759. The Labute approximate surface area is 159 Å². The van der Waals surface area contributed by atoms with E-state index in [1.807, 2.05) is 12.1 Å². The Kier molecular flexibility index (Phi) is 5.95. The fraction of sp³-hybridized carbons (Fsp3) is 0.368. The number of hydrogen-bond acceptors (Lipinski definition) is 5. The van der Waals surface area contributed by atoms with Crippen LogP contribution in [0.15, 0.2) is 42.6 Å². The topological polar surface area (TPSA) is 97.4 Å². The zero-order chi connectivity index (χ0) is 19.3. The van der Waals surface area contributed by atoms with Crippen LogP contribution in [-0.4, -0.2) is 31.7 Å². The molecule has 1 fully saturated rings. The molecule has 144 valence electrons. The SMILES string of the molecule is CS(=O)(=O)Nc1ccc(C(=O)NCc2cccnc2OC2CCCC2)cc1. The molecule has 0 unspecified atom stereocenters. The van der Waals surface area contributed by atoms with E-state index in [2.05, 4.69) is 15.0 Å². The molecule has 7 nitrogen and oxygen atoms in total. The fourth-order valence-electron chi connectivity index (χ4n) is 3.01. The lowest BCUT2D eigenvalue weighted by molar-refractivity contribution is 0.0950. The van der Waals surface area contributed by atoms with E-state index >= 15 is 0 Å². The van der Waals surface area contributed by atoms with Crippen molar-refractivity contribution in [1.82, 2.24) is 10.3 Å². The molecule has 1 amide bonds. The molecular formula is C19H23N3O4S. The van der Waals surface area contributed by atoms with E-state index in [1.165, 1.54) is 12.8 Å². The molecular weight excluding hydrogens is 366 g/mol. The molecule has 1 aromatic carbocycles. The van der Waals surface area contributed by atoms with Crippen LogP contribution < -0.4 is 14.8 Å². The molecule has 0 aliphatic heterocycles. The number of carbonyl (C=O) groups excluding carboxylic acids is 1. The average Bonchev–Trinajstić information content (AvgIpc) is 3.13. The second kappa shape index (κ2) is 8.39. The van der Waals surface area contributed by atoms with Crippen molar-refractivity contribution >= 4 is 21.6 Å². The molecule has 2 N–H and O–H groups in total. The Morgan fingerprint density at radius 1 is 1.19 bits per heavy atom. The number of ether oxygens (including phenoxy) is 1. The van der Waals surface area contributed by atoms with Gasteiger partial charge in [-0.25, -0.2) is 13.4 Å². The first kappa shape index (κ1) is 19.2. The number of anilines is 1. The van der Waals surface area contributed by atoms with Crippen molar-refractivity contribution in [2.45, 2.75) is 38.3 Å². The number of benzene rings is 1. The number of nitrogens with zero attached hydrogens (tertiary/aromatic N) is 1. The van der Waals surface area contributed by atoms with E-state index in [1.54, 1.807) is 30.5 Å². The monoisotopic (exact) mass is 389 g/mol. The Hall–Kier alpha value is -2.61. The molecule has 1 aromatic heterocycles. The van der Waals surface area contributed by atoms with E-state index in [-0.39, 0.29) is 12.0 Å². The van der Waals surface area contributed by atoms with Gasteiger partial charge in [-0.3, -0.25) is 9.52 Å². The van der Waals surface area contributed by atoms with Gasteiger partial charge in [-0.2, -0.15) is 0 Å². The number of hydrogen-bond donors (Lipinski definition) is 2. The van der Waals surface area contributed by atoms with Gasteiger partial charge < -0.3 is 10.1 Å². The van der Waals surface area contributed by atoms with Crippen LogP contribution in [0, 0.1) is 0 Å². The fourth-order valence-corrected chi connectivity index (χ4v) is 3.57. The van der Waals surface area contributed by atoms with Crippen molar-refractivity contribution < 1.29 is 17.9 Å². The van der Waals surface area contributed by atoms with Crippen molar-refractivity contribution in [2.24, 2.45) is 0 Å². The number of sulfonamides is 1. The molecule has 0 radical (unpaired) electrons. The molecule has 3 rings (SSSR count). The van der Waals surface area contributed by atoms with Crippen LogP contribution >= 0.6 is 0 Å². The summed E-state index contributed by atoms with van der Waals surface area (Å²) in [4.78, 5) is 16.7. The Morgan fingerprint density at radius 3 is 2.56 bits per heavy atom. The summed E-state index contributed by atoms with van der Waals surface area (Å²) >= 11 is 0. The van der Waals surface area contributed by atoms with Gasteiger partial charge in [0.25, 0.3) is 5.91 Å². The number of rotatable bonds is 7. The highest BCUT2D eigenvalue weighted by Gasteiger charge is 2.18.